The average molecular weight is 379 g/mol. The highest BCUT2D eigenvalue weighted by atomic mass is 32.1. The van der Waals surface area contributed by atoms with Crippen molar-refractivity contribution in [3.63, 3.8) is 0 Å². The van der Waals surface area contributed by atoms with Gasteiger partial charge in [-0.1, -0.05) is 0 Å². The highest BCUT2D eigenvalue weighted by Gasteiger charge is 2.33. The first-order valence-electron chi connectivity index (χ1n) is 9.58. The number of carbonyl (C=O) groups is 1. The van der Waals surface area contributed by atoms with Crippen LogP contribution in [0.5, 0.6) is 0 Å². The Kier molecular flexibility index (Phi) is 4.38. The van der Waals surface area contributed by atoms with Crippen molar-refractivity contribution >= 4 is 39.2 Å². The van der Waals surface area contributed by atoms with E-state index in [1.54, 1.807) is 17.3 Å². The second-order valence-electron chi connectivity index (χ2n) is 7.50. The van der Waals surface area contributed by atoms with Crippen LogP contribution >= 0.6 is 11.3 Å². The van der Waals surface area contributed by atoms with Crippen molar-refractivity contribution < 1.29 is 4.79 Å². The van der Waals surface area contributed by atoms with Gasteiger partial charge in [0.05, 0.1) is 18.1 Å². The number of piperidine rings is 1. The maximum Gasteiger partial charge on any atom is 0.218 e. The molecule has 2 saturated heterocycles. The van der Waals surface area contributed by atoms with Crippen LogP contribution in [0.25, 0.3) is 10.1 Å². The van der Waals surface area contributed by atoms with Crippen LogP contribution < -0.4 is 4.90 Å². The molecule has 6 heteroatoms. The molecular weight excluding hydrogens is 356 g/mol. The number of nitrogens with zero attached hydrogens (tertiary/aromatic N) is 4. The van der Waals surface area contributed by atoms with Crippen molar-refractivity contribution in [2.24, 2.45) is 0 Å². The van der Waals surface area contributed by atoms with Crippen molar-refractivity contribution in [3.05, 3.63) is 47.9 Å². The number of hydrogen-bond donors (Lipinski definition) is 0. The van der Waals surface area contributed by atoms with E-state index in [0.29, 0.717) is 11.6 Å². The number of amides is 1. The molecule has 3 aromatic rings. The normalized spacial score (nSPS) is 22.7. The van der Waals surface area contributed by atoms with E-state index in [4.69, 9.17) is 0 Å². The lowest BCUT2D eigenvalue weighted by Gasteiger charge is -2.34. The van der Waals surface area contributed by atoms with Gasteiger partial charge in [-0.2, -0.15) is 0 Å². The van der Waals surface area contributed by atoms with Crippen molar-refractivity contribution in [3.8, 4) is 0 Å². The van der Waals surface area contributed by atoms with E-state index in [1.165, 1.54) is 60.7 Å². The van der Waals surface area contributed by atoms with Crippen molar-refractivity contribution in [2.45, 2.75) is 37.6 Å². The topological polar surface area (TPSA) is 49.3 Å². The average Bonchev–Trinajstić information content (AvgIpc) is 3.35. The summed E-state index contributed by atoms with van der Waals surface area (Å²) in [6, 6.07) is 7.05. The maximum absolute atomic E-state index is 11.8. The Morgan fingerprint density at radius 2 is 2.04 bits per heavy atom. The molecule has 0 N–H and O–H groups in total. The number of hydrogen-bond acceptors (Lipinski definition) is 5. The van der Waals surface area contributed by atoms with Crippen LogP contribution in [0.2, 0.25) is 0 Å². The number of aromatic nitrogens is 2. The minimum Gasteiger partial charge on any atom is -0.300 e. The number of fused-ring (bicyclic) bond motifs is 2. The molecule has 2 aliphatic heterocycles. The predicted molar refractivity (Wildman–Crippen MR) is 109 cm³/mol. The molecule has 5 rings (SSSR count). The molecule has 1 aromatic carbocycles. The number of anilines is 2. The van der Waals surface area contributed by atoms with Gasteiger partial charge in [-0.3, -0.25) is 9.69 Å². The first-order chi connectivity index (χ1) is 13.3. The van der Waals surface area contributed by atoms with Gasteiger partial charge < -0.3 is 4.90 Å². The molecule has 2 aliphatic rings. The summed E-state index contributed by atoms with van der Waals surface area (Å²) in [6.07, 6.45) is 10.8. The minimum absolute atomic E-state index is 0.623. The maximum atomic E-state index is 11.8. The largest absolute Gasteiger partial charge is 0.300 e. The van der Waals surface area contributed by atoms with Crippen LogP contribution in [-0.4, -0.2) is 40.4 Å². The van der Waals surface area contributed by atoms with Crippen molar-refractivity contribution in [2.75, 3.05) is 18.0 Å². The summed E-state index contributed by atoms with van der Waals surface area (Å²) in [4.78, 5) is 24.1. The minimum atomic E-state index is 0.623. The lowest BCUT2D eigenvalue weighted by atomic mass is 9.85. The lowest BCUT2D eigenvalue weighted by molar-refractivity contribution is -0.106. The predicted octanol–water partition coefficient (Wildman–Crippen LogP) is 4.33. The fourth-order valence-corrected chi connectivity index (χ4v) is 5.72. The Hall–Kier alpha value is -2.31. The zero-order valence-electron chi connectivity index (χ0n) is 15.1. The van der Waals surface area contributed by atoms with Gasteiger partial charge in [-0.25, -0.2) is 9.97 Å². The molecule has 0 radical (unpaired) electrons. The van der Waals surface area contributed by atoms with Gasteiger partial charge in [0.2, 0.25) is 6.41 Å². The molecule has 0 spiro atoms. The summed E-state index contributed by atoms with van der Waals surface area (Å²) in [5, 5.41) is 3.62. The third kappa shape index (κ3) is 3.03. The molecular formula is C21H22N4OS. The summed E-state index contributed by atoms with van der Waals surface area (Å²) in [5.74, 6) is 0.623. The Morgan fingerprint density at radius 1 is 1.15 bits per heavy atom. The highest BCUT2D eigenvalue weighted by molar-refractivity contribution is 7.17. The van der Waals surface area contributed by atoms with E-state index in [0.717, 1.165) is 18.1 Å². The molecule has 0 aliphatic carbocycles. The SMILES string of the molecule is O=CN(c1cncnc1)c1ccc2scc(C3CCN4CCCC4C3)c2c1. The van der Waals surface area contributed by atoms with E-state index in [1.807, 2.05) is 17.4 Å². The van der Waals surface area contributed by atoms with Crippen molar-refractivity contribution in [1.82, 2.24) is 14.9 Å². The molecule has 2 unspecified atom stereocenters. The molecule has 2 fully saturated rings. The lowest BCUT2D eigenvalue weighted by Crippen LogP contribution is -2.37. The number of rotatable bonds is 4. The molecule has 5 nitrogen and oxygen atoms in total. The van der Waals surface area contributed by atoms with Gasteiger partial charge in [-0.05, 0) is 79.2 Å². The Labute approximate surface area is 162 Å². The molecule has 0 bridgehead atoms. The number of thiophene rings is 1. The van der Waals surface area contributed by atoms with Gasteiger partial charge in [0.25, 0.3) is 0 Å². The standard InChI is InChI=1S/C21H22N4OS/c26-14-25(18-10-22-13-23-11-18)17-3-4-21-19(9-17)20(12-27-21)15-5-7-24-6-1-2-16(24)8-15/h3-4,9-16H,1-2,5-8H2. The Morgan fingerprint density at radius 3 is 2.89 bits per heavy atom. The summed E-state index contributed by atoms with van der Waals surface area (Å²) < 4.78 is 1.29. The molecule has 138 valence electrons. The van der Waals surface area contributed by atoms with Crippen LogP contribution in [0, 0.1) is 0 Å². The molecule has 4 heterocycles. The fraction of sp³-hybridized carbons (Fsp3) is 0.381. The van der Waals surface area contributed by atoms with Gasteiger partial charge >= 0.3 is 0 Å². The van der Waals surface area contributed by atoms with Gasteiger partial charge in [0, 0.05) is 16.4 Å². The van der Waals surface area contributed by atoms with Crippen LogP contribution in [0.3, 0.4) is 0 Å². The Bertz CT molecular complexity index is 957. The molecule has 0 saturated carbocycles. The van der Waals surface area contributed by atoms with Gasteiger partial charge in [-0.15, -0.1) is 11.3 Å². The second kappa shape index (κ2) is 7.02. The molecule has 2 aromatic heterocycles. The first kappa shape index (κ1) is 16.8. The first-order valence-corrected chi connectivity index (χ1v) is 10.5. The second-order valence-corrected chi connectivity index (χ2v) is 8.41. The summed E-state index contributed by atoms with van der Waals surface area (Å²) in [7, 11) is 0. The van der Waals surface area contributed by atoms with Crippen molar-refractivity contribution in [1.29, 1.82) is 0 Å². The molecule has 2 atom stereocenters. The van der Waals surface area contributed by atoms with E-state index >= 15 is 0 Å². The van der Waals surface area contributed by atoms with Gasteiger partial charge in [0.15, 0.2) is 0 Å². The van der Waals surface area contributed by atoms with Crippen LogP contribution in [0.1, 0.15) is 37.2 Å². The fourth-order valence-electron chi connectivity index (χ4n) is 4.70. The van der Waals surface area contributed by atoms with E-state index < -0.39 is 0 Å². The summed E-state index contributed by atoms with van der Waals surface area (Å²) in [5.41, 5.74) is 3.01. The monoisotopic (exact) mass is 378 g/mol. The molecule has 27 heavy (non-hydrogen) atoms. The van der Waals surface area contributed by atoms with Crippen LogP contribution in [-0.2, 0) is 4.79 Å². The Balaban J connectivity index is 1.50. The van der Waals surface area contributed by atoms with E-state index in [-0.39, 0.29) is 0 Å². The quantitative estimate of drug-likeness (QED) is 0.634. The third-order valence-electron chi connectivity index (χ3n) is 6.06. The van der Waals surface area contributed by atoms with E-state index in [2.05, 4.69) is 32.4 Å². The zero-order chi connectivity index (χ0) is 18.2. The third-order valence-corrected chi connectivity index (χ3v) is 7.04. The summed E-state index contributed by atoms with van der Waals surface area (Å²) >= 11 is 1.81. The smallest absolute Gasteiger partial charge is 0.218 e. The molecule has 1 amide bonds. The summed E-state index contributed by atoms with van der Waals surface area (Å²) in [6.45, 7) is 2.49. The van der Waals surface area contributed by atoms with Crippen LogP contribution in [0.4, 0.5) is 11.4 Å². The zero-order valence-corrected chi connectivity index (χ0v) is 15.9. The van der Waals surface area contributed by atoms with Gasteiger partial charge in [0.1, 0.15) is 6.33 Å². The number of carbonyl (C=O) groups excluding carboxylic acids is 1. The highest BCUT2D eigenvalue weighted by Crippen LogP contribution is 2.42. The number of benzene rings is 1. The van der Waals surface area contributed by atoms with Crippen LogP contribution in [0.15, 0.2) is 42.3 Å². The van der Waals surface area contributed by atoms with E-state index in [9.17, 15) is 4.79 Å².